The first-order valence-electron chi connectivity index (χ1n) is 6.11. The van der Waals surface area contributed by atoms with Crippen LogP contribution in [0.15, 0.2) is 36.5 Å². The summed E-state index contributed by atoms with van der Waals surface area (Å²) in [7, 11) is 0. The van der Waals surface area contributed by atoms with Gasteiger partial charge in [0.15, 0.2) is 0 Å². The molecule has 0 atom stereocenters. The summed E-state index contributed by atoms with van der Waals surface area (Å²) in [5.74, 6) is -0.253. The predicted molar refractivity (Wildman–Crippen MR) is 74.8 cm³/mol. The van der Waals surface area contributed by atoms with E-state index in [1.807, 2.05) is 31.2 Å². The summed E-state index contributed by atoms with van der Waals surface area (Å²) in [6, 6.07) is 9.69. The Hall–Kier alpha value is -2.36. The zero-order valence-electron chi connectivity index (χ0n) is 11.0. The van der Waals surface area contributed by atoms with Crippen LogP contribution in [0, 0.1) is 6.92 Å². The quantitative estimate of drug-likeness (QED) is 0.857. The van der Waals surface area contributed by atoms with Gasteiger partial charge >= 0.3 is 5.97 Å². The van der Waals surface area contributed by atoms with Gasteiger partial charge in [-0.15, -0.1) is 0 Å². The number of benzene rings is 1. The minimum Gasteiger partial charge on any atom is -0.462 e. The average Bonchev–Trinajstić information content (AvgIpc) is 2.39. The van der Waals surface area contributed by atoms with Crippen LogP contribution in [0.25, 0.3) is 11.1 Å². The highest BCUT2D eigenvalue weighted by atomic mass is 16.5. The zero-order chi connectivity index (χ0) is 13.8. The molecule has 1 aromatic carbocycles. The Morgan fingerprint density at radius 1 is 1.32 bits per heavy atom. The zero-order valence-corrected chi connectivity index (χ0v) is 11.0. The number of anilines is 1. The van der Waals surface area contributed by atoms with Crippen LogP contribution >= 0.6 is 0 Å². The van der Waals surface area contributed by atoms with Crippen molar-refractivity contribution >= 4 is 11.8 Å². The van der Waals surface area contributed by atoms with Gasteiger partial charge in [0.05, 0.1) is 6.61 Å². The maximum atomic E-state index is 11.8. The summed E-state index contributed by atoms with van der Waals surface area (Å²) in [6.45, 7) is 4.08. The monoisotopic (exact) mass is 256 g/mol. The molecule has 4 heteroatoms. The highest BCUT2D eigenvalue weighted by molar-refractivity contribution is 5.95. The lowest BCUT2D eigenvalue weighted by molar-refractivity contribution is 0.0527. The van der Waals surface area contributed by atoms with Crippen LogP contribution in [0.5, 0.6) is 0 Å². The molecule has 0 fully saturated rings. The summed E-state index contributed by atoms with van der Waals surface area (Å²) < 4.78 is 4.96. The largest absolute Gasteiger partial charge is 0.462 e. The van der Waals surface area contributed by atoms with E-state index < -0.39 is 5.97 Å². The standard InChI is InChI=1S/C15H16N2O2/c1-3-19-15(18)13-8-12(9-17-14(13)16)11-6-4-5-10(2)7-11/h4-9H,3H2,1-2H3,(H2,16,17). The third-order valence-corrected chi connectivity index (χ3v) is 2.77. The Kier molecular flexibility index (Phi) is 3.80. The van der Waals surface area contributed by atoms with Crippen molar-refractivity contribution in [1.29, 1.82) is 0 Å². The second-order valence-electron chi connectivity index (χ2n) is 4.25. The van der Waals surface area contributed by atoms with Gasteiger partial charge < -0.3 is 10.5 Å². The van der Waals surface area contributed by atoms with Crippen molar-refractivity contribution < 1.29 is 9.53 Å². The summed E-state index contributed by atoms with van der Waals surface area (Å²) in [6.07, 6.45) is 1.66. The Bertz CT molecular complexity index is 609. The van der Waals surface area contributed by atoms with Gasteiger partial charge in [-0.2, -0.15) is 0 Å². The molecule has 0 unspecified atom stereocenters. The minimum atomic E-state index is -0.443. The fraction of sp³-hybridized carbons (Fsp3) is 0.200. The summed E-state index contributed by atoms with van der Waals surface area (Å²) >= 11 is 0. The first-order chi connectivity index (χ1) is 9.11. The van der Waals surface area contributed by atoms with Crippen LogP contribution in [0.1, 0.15) is 22.8 Å². The van der Waals surface area contributed by atoms with Crippen molar-refractivity contribution in [1.82, 2.24) is 4.98 Å². The van der Waals surface area contributed by atoms with E-state index in [0.29, 0.717) is 12.2 Å². The molecule has 2 rings (SSSR count). The molecule has 0 aliphatic rings. The SMILES string of the molecule is CCOC(=O)c1cc(-c2cccc(C)c2)cnc1N. The van der Waals surface area contributed by atoms with Crippen molar-refractivity contribution in [3.63, 3.8) is 0 Å². The van der Waals surface area contributed by atoms with Crippen LogP contribution in [-0.2, 0) is 4.74 Å². The van der Waals surface area contributed by atoms with E-state index in [1.54, 1.807) is 19.2 Å². The average molecular weight is 256 g/mol. The smallest absolute Gasteiger partial charge is 0.341 e. The molecule has 0 aliphatic heterocycles. The second-order valence-corrected chi connectivity index (χ2v) is 4.25. The lowest BCUT2D eigenvalue weighted by Crippen LogP contribution is -2.09. The van der Waals surface area contributed by atoms with Crippen LogP contribution in [0.3, 0.4) is 0 Å². The van der Waals surface area contributed by atoms with Gasteiger partial charge in [0.1, 0.15) is 11.4 Å². The minimum absolute atomic E-state index is 0.190. The lowest BCUT2D eigenvalue weighted by Gasteiger charge is -2.08. The van der Waals surface area contributed by atoms with Gasteiger partial charge in [-0.1, -0.05) is 29.8 Å². The maximum Gasteiger partial charge on any atom is 0.341 e. The number of pyridine rings is 1. The van der Waals surface area contributed by atoms with Crippen molar-refractivity contribution in [3.05, 3.63) is 47.7 Å². The number of aryl methyl sites for hydroxylation is 1. The molecule has 0 spiro atoms. The molecule has 19 heavy (non-hydrogen) atoms. The second kappa shape index (κ2) is 5.52. The number of carbonyl (C=O) groups is 1. The molecule has 0 saturated carbocycles. The third-order valence-electron chi connectivity index (χ3n) is 2.77. The van der Waals surface area contributed by atoms with Crippen molar-refractivity contribution in [3.8, 4) is 11.1 Å². The van der Waals surface area contributed by atoms with E-state index in [9.17, 15) is 4.79 Å². The van der Waals surface area contributed by atoms with E-state index in [4.69, 9.17) is 10.5 Å². The number of carbonyl (C=O) groups excluding carboxylic acids is 1. The van der Waals surface area contributed by atoms with Crippen LogP contribution < -0.4 is 5.73 Å². The first-order valence-corrected chi connectivity index (χ1v) is 6.11. The molecule has 1 aromatic heterocycles. The Morgan fingerprint density at radius 3 is 2.79 bits per heavy atom. The molecule has 0 saturated heterocycles. The Labute approximate surface area is 112 Å². The van der Waals surface area contributed by atoms with Gasteiger partial charge in [0, 0.05) is 11.8 Å². The van der Waals surface area contributed by atoms with E-state index >= 15 is 0 Å². The highest BCUT2D eigenvalue weighted by Crippen LogP contribution is 2.23. The van der Waals surface area contributed by atoms with E-state index in [0.717, 1.165) is 16.7 Å². The van der Waals surface area contributed by atoms with Gasteiger partial charge in [-0.05, 0) is 25.5 Å². The van der Waals surface area contributed by atoms with Gasteiger partial charge in [-0.3, -0.25) is 0 Å². The first kappa shape index (κ1) is 13.1. The molecule has 0 aliphatic carbocycles. The Morgan fingerprint density at radius 2 is 2.11 bits per heavy atom. The topological polar surface area (TPSA) is 65.2 Å². The molecule has 2 aromatic rings. The normalized spacial score (nSPS) is 10.2. The Balaban J connectivity index is 2.44. The van der Waals surface area contributed by atoms with Crippen molar-refractivity contribution in [2.24, 2.45) is 0 Å². The van der Waals surface area contributed by atoms with Gasteiger partial charge in [-0.25, -0.2) is 9.78 Å². The molecule has 1 heterocycles. The third kappa shape index (κ3) is 2.91. The predicted octanol–water partition coefficient (Wildman–Crippen LogP) is 2.82. The summed E-state index contributed by atoms with van der Waals surface area (Å²) in [4.78, 5) is 15.8. The molecule has 0 bridgehead atoms. The lowest BCUT2D eigenvalue weighted by atomic mass is 10.0. The number of nitrogen functional groups attached to an aromatic ring is 1. The fourth-order valence-corrected chi connectivity index (χ4v) is 1.83. The van der Waals surface area contributed by atoms with Gasteiger partial charge in [0.25, 0.3) is 0 Å². The van der Waals surface area contributed by atoms with Crippen LogP contribution in [-0.4, -0.2) is 17.6 Å². The van der Waals surface area contributed by atoms with E-state index in [1.165, 1.54) is 0 Å². The summed E-state index contributed by atoms with van der Waals surface area (Å²) in [5, 5.41) is 0. The molecule has 98 valence electrons. The summed E-state index contributed by atoms with van der Waals surface area (Å²) in [5.41, 5.74) is 9.01. The maximum absolute atomic E-state index is 11.8. The number of hydrogen-bond acceptors (Lipinski definition) is 4. The van der Waals surface area contributed by atoms with Crippen molar-refractivity contribution in [2.75, 3.05) is 12.3 Å². The fourth-order valence-electron chi connectivity index (χ4n) is 1.83. The van der Waals surface area contributed by atoms with Crippen LogP contribution in [0.4, 0.5) is 5.82 Å². The number of rotatable bonds is 3. The molecular weight excluding hydrogens is 240 g/mol. The van der Waals surface area contributed by atoms with Crippen LogP contribution in [0.2, 0.25) is 0 Å². The number of ether oxygens (including phenoxy) is 1. The number of nitrogens with zero attached hydrogens (tertiary/aromatic N) is 1. The number of aromatic nitrogens is 1. The molecule has 0 amide bonds. The van der Waals surface area contributed by atoms with Gasteiger partial charge in [0.2, 0.25) is 0 Å². The molecule has 0 radical (unpaired) electrons. The van der Waals surface area contributed by atoms with E-state index in [2.05, 4.69) is 4.98 Å². The molecular formula is C15H16N2O2. The molecule has 4 nitrogen and oxygen atoms in total. The number of hydrogen-bond donors (Lipinski definition) is 1. The number of esters is 1. The van der Waals surface area contributed by atoms with Crippen molar-refractivity contribution in [2.45, 2.75) is 13.8 Å². The van der Waals surface area contributed by atoms with E-state index in [-0.39, 0.29) is 5.82 Å². The highest BCUT2D eigenvalue weighted by Gasteiger charge is 2.13. The molecule has 2 N–H and O–H groups in total. The number of nitrogens with two attached hydrogens (primary N) is 1.